The molecule has 3 aliphatic heterocycles. The van der Waals surface area contributed by atoms with Gasteiger partial charge < -0.3 is 10.2 Å². The summed E-state index contributed by atoms with van der Waals surface area (Å²) in [6, 6.07) is 15.0. The second-order valence-corrected chi connectivity index (χ2v) is 10.7. The molecule has 4 heterocycles. The highest BCUT2D eigenvalue weighted by Gasteiger charge is 2.45. The monoisotopic (exact) mass is 576 g/mol. The average Bonchev–Trinajstić information content (AvgIpc) is 3.59. The van der Waals surface area contributed by atoms with Crippen molar-refractivity contribution in [3.05, 3.63) is 83.2 Å². The van der Waals surface area contributed by atoms with Crippen molar-refractivity contribution in [1.82, 2.24) is 24.9 Å². The van der Waals surface area contributed by atoms with Crippen molar-refractivity contribution in [2.75, 3.05) is 25.0 Å². The molecule has 10 nitrogen and oxygen atoms in total. The summed E-state index contributed by atoms with van der Waals surface area (Å²) in [5.74, 6) is -2.02. The quantitative estimate of drug-likeness (QED) is 0.396. The molecule has 0 bridgehead atoms. The van der Waals surface area contributed by atoms with Crippen LogP contribution in [0, 0.1) is 0 Å². The zero-order chi connectivity index (χ0) is 27.6. The molecular weight excluding hydrogens is 544 g/mol. The third kappa shape index (κ3) is 5.89. The van der Waals surface area contributed by atoms with Crippen LogP contribution in [0.5, 0.6) is 0 Å². The molecule has 0 radical (unpaired) electrons. The van der Waals surface area contributed by atoms with Crippen LogP contribution in [0.1, 0.15) is 63.6 Å². The molecule has 6 rings (SSSR count). The highest BCUT2D eigenvalue weighted by atomic mass is 35.5. The summed E-state index contributed by atoms with van der Waals surface area (Å²) in [6.45, 7) is 3.67. The SMILES string of the molecule is Cl.O=C1CCC(N2C(=O)c3cccc(NCc4ccc(CCN5CCC(n6cccn6)CC5)cc4)c3C2=O)C(=O)N1. The van der Waals surface area contributed by atoms with E-state index in [-0.39, 0.29) is 36.4 Å². The molecule has 214 valence electrons. The van der Waals surface area contributed by atoms with Gasteiger partial charge in [0.2, 0.25) is 11.8 Å². The second kappa shape index (κ2) is 12.2. The van der Waals surface area contributed by atoms with E-state index in [2.05, 4.69) is 55.8 Å². The van der Waals surface area contributed by atoms with Crippen LogP contribution in [0.2, 0.25) is 0 Å². The zero-order valence-electron chi connectivity index (χ0n) is 22.6. The Bertz CT molecular complexity index is 1430. The standard InChI is InChI=1S/C30H32N6O4.ClH/c37-26-10-9-25(28(38)33-26)36-29(39)23-3-1-4-24(27(23)30(36)40)31-19-21-7-5-20(6-8-21)11-16-34-17-12-22(13-18-34)35-15-2-14-32-35;/h1-8,14-15,22,25,31H,9-13,16-19H2,(H,33,37,38);1H. The zero-order valence-corrected chi connectivity index (χ0v) is 23.4. The largest absolute Gasteiger partial charge is 0.380 e. The molecule has 2 fully saturated rings. The molecule has 3 aliphatic rings. The van der Waals surface area contributed by atoms with Gasteiger partial charge in [-0.3, -0.25) is 34.1 Å². The fourth-order valence-electron chi connectivity index (χ4n) is 5.87. The Hall–Kier alpha value is -4.02. The second-order valence-electron chi connectivity index (χ2n) is 10.7. The lowest BCUT2D eigenvalue weighted by Gasteiger charge is -2.32. The number of hydrogen-bond donors (Lipinski definition) is 2. The molecule has 1 aromatic heterocycles. The first-order chi connectivity index (χ1) is 19.5. The number of carbonyl (C=O) groups excluding carboxylic acids is 4. The number of hydrogen-bond acceptors (Lipinski definition) is 7. The number of likely N-dealkylation sites (tertiary alicyclic amines) is 1. The molecule has 0 aliphatic carbocycles. The van der Waals surface area contributed by atoms with E-state index in [4.69, 9.17) is 0 Å². The Balaban J connectivity index is 0.00000337. The number of aromatic nitrogens is 2. The van der Waals surface area contributed by atoms with Crippen molar-refractivity contribution in [1.29, 1.82) is 0 Å². The van der Waals surface area contributed by atoms with Crippen molar-refractivity contribution in [2.24, 2.45) is 0 Å². The Labute approximate surface area is 244 Å². The first kappa shape index (κ1) is 28.5. The maximum Gasteiger partial charge on any atom is 0.264 e. The normalized spacial score (nSPS) is 19.6. The van der Waals surface area contributed by atoms with E-state index in [0.29, 0.717) is 18.3 Å². The van der Waals surface area contributed by atoms with Crippen molar-refractivity contribution in [2.45, 2.75) is 50.7 Å². The van der Waals surface area contributed by atoms with Crippen LogP contribution in [0.3, 0.4) is 0 Å². The minimum Gasteiger partial charge on any atom is -0.380 e. The number of halogens is 1. The van der Waals surface area contributed by atoms with Gasteiger partial charge in [-0.1, -0.05) is 30.3 Å². The van der Waals surface area contributed by atoms with Crippen LogP contribution in [-0.2, 0) is 22.6 Å². The van der Waals surface area contributed by atoms with Gasteiger partial charge >= 0.3 is 0 Å². The lowest BCUT2D eigenvalue weighted by molar-refractivity contribution is -0.136. The number of fused-ring (bicyclic) bond motifs is 1. The minimum atomic E-state index is -0.978. The molecule has 11 heteroatoms. The number of rotatable bonds is 8. The third-order valence-electron chi connectivity index (χ3n) is 8.15. The summed E-state index contributed by atoms with van der Waals surface area (Å²) in [4.78, 5) is 53.7. The highest BCUT2D eigenvalue weighted by molar-refractivity contribution is 6.25. The fourth-order valence-corrected chi connectivity index (χ4v) is 5.87. The molecular formula is C30H33ClN6O4. The lowest BCUT2D eigenvalue weighted by Crippen LogP contribution is -2.54. The van der Waals surface area contributed by atoms with Crippen LogP contribution < -0.4 is 10.6 Å². The van der Waals surface area contributed by atoms with E-state index < -0.39 is 29.7 Å². The Kier molecular flexibility index (Phi) is 8.51. The van der Waals surface area contributed by atoms with Gasteiger partial charge in [0.1, 0.15) is 6.04 Å². The summed E-state index contributed by atoms with van der Waals surface area (Å²) < 4.78 is 2.08. The van der Waals surface area contributed by atoms with E-state index in [9.17, 15) is 19.2 Å². The van der Waals surface area contributed by atoms with E-state index in [1.165, 1.54) is 5.56 Å². The molecule has 2 saturated heterocycles. The lowest BCUT2D eigenvalue weighted by atomic mass is 10.0. The molecule has 3 aromatic rings. The number of nitrogens with zero attached hydrogens (tertiary/aromatic N) is 4. The summed E-state index contributed by atoms with van der Waals surface area (Å²) in [5.41, 5.74) is 3.42. The van der Waals surface area contributed by atoms with Gasteiger partial charge in [0.15, 0.2) is 0 Å². The number of anilines is 1. The smallest absolute Gasteiger partial charge is 0.264 e. The van der Waals surface area contributed by atoms with Crippen LogP contribution in [0.4, 0.5) is 5.69 Å². The van der Waals surface area contributed by atoms with Crippen LogP contribution in [-0.4, -0.2) is 68.9 Å². The summed E-state index contributed by atoms with van der Waals surface area (Å²) in [6.07, 6.45) is 7.35. The van der Waals surface area contributed by atoms with E-state index in [1.54, 1.807) is 18.2 Å². The molecule has 2 N–H and O–H groups in total. The molecule has 2 aromatic carbocycles. The van der Waals surface area contributed by atoms with E-state index in [0.717, 1.165) is 49.4 Å². The van der Waals surface area contributed by atoms with Gasteiger partial charge in [0.05, 0.1) is 17.2 Å². The molecule has 1 atom stereocenters. The predicted octanol–water partition coefficient (Wildman–Crippen LogP) is 3.20. The number of amides is 4. The first-order valence-corrected chi connectivity index (χ1v) is 13.9. The number of benzene rings is 2. The van der Waals surface area contributed by atoms with Gasteiger partial charge in [-0.05, 0) is 55.0 Å². The van der Waals surface area contributed by atoms with E-state index >= 15 is 0 Å². The number of nitrogens with one attached hydrogen (secondary N) is 2. The highest BCUT2D eigenvalue weighted by Crippen LogP contribution is 2.32. The Morgan fingerprint density at radius 1 is 0.902 bits per heavy atom. The Morgan fingerprint density at radius 2 is 1.66 bits per heavy atom. The van der Waals surface area contributed by atoms with Crippen LogP contribution >= 0.6 is 12.4 Å². The summed E-state index contributed by atoms with van der Waals surface area (Å²) in [7, 11) is 0. The van der Waals surface area contributed by atoms with Crippen molar-refractivity contribution in [3.8, 4) is 0 Å². The fraction of sp³-hybridized carbons (Fsp3) is 0.367. The van der Waals surface area contributed by atoms with Gasteiger partial charge in [0.25, 0.3) is 11.8 Å². The number of carbonyl (C=O) groups is 4. The molecule has 0 saturated carbocycles. The molecule has 1 unspecified atom stereocenters. The van der Waals surface area contributed by atoms with Crippen LogP contribution in [0.25, 0.3) is 0 Å². The number of piperidine rings is 2. The minimum absolute atomic E-state index is 0. The summed E-state index contributed by atoms with van der Waals surface area (Å²) in [5, 5.41) is 9.92. The third-order valence-corrected chi connectivity index (χ3v) is 8.15. The average molecular weight is 577 g/mol. The predicted molar refractivity (Wildman–Crippen MR) is 155 cm³/mol. The summed E-state index contributed by atoms with van der Waals surface area (Å²) >= 11 is 0. The molecule has 4 amide bonds. The first-order valence-electron chi connectivity index (χ1n) is 13.9. The van der Waals surface area contributed by atoms with Gasteiger partial charge in [-0.15, -0.1) is 12.4 Å². The van der Waals surface area contributed by atoms with Gasteiger partial charge in [-0.2, -0.15) is 5.10 Å². The Morgan fingerprint density at radius 3 is 2.37 bits per heavy atom. The van der Waals surface area contributed by atoms with Crippen molar-refractivity contribution < 1.29 is 19.2 Å². The van der Waals surface area contributed by atoms with Gasteiger partial charge in [0, 0.05) is 50.7 Å². The van der Waals surface area contributed by atoms with Crippen molar-refractivity contribution in [3.63, 3.8) is 0 Å². The topological polar surface area (TPSA) is 117 Å². The van der Waals surface area contributed by atoms with Gasteiger partial charge in [-0.25, -0.2) is 0 Å². The van der Waals surface area contributed by atoms with Crippen molar-refractivity contribution >= 4 is 41.7 Å². The maximum atomic E-state index is 13.3. The number of imide groups is 2. The van der Waals surface area contributed by atoms with Crippen LogP contribution in [0.15, 0.2) is 60.9 Å². The van der Waals surface area contributed by atoms with E-state index in [1.807, 2.05) is 12.3 Å². The maximum absolute atomic E-state index is 13.3. The molecule has 0 spiro atoms. The molecule has 41 heavy (non-hydrogen) atoms.